The van der Waals surface area contributed by atoms with Crippen LogP contribution in [0.4, 0.5) is 0 Å². The highest BCUT2D eigenvalue weighted by atomic mass is 16.5. The molecule has 0 aliphatic carbocycles. The second kappa shape index (κ2) is 6.64. The van der Waals surface area contributed by atoms with Gasteiger partial charge in [-0.05, 0) is 19.9 Å². The Morgan fingerprint density at radius 1 is 1.28 bits per heavy atom. The van der Waals surface area contributed by atoms with Gasteiger partial charge >= 0.3 is 5.97 Å². The fourth-order valence-electron chi connectivity index (χ4n) is 2.90. The second-order valence-corrected chi connectivity index (χ2v) is 6.17. The largest absolute Gasteiger partial charge is 0.480 e. The van der Waals surface area contributed by atoms with Gasteiger partial charge in [0, 0.05) is 11.9 Å². The molecule has 1 aromatic carbocycles. The van der Waals surface area contributed by atoms with Crippen molar-refractivity contribution in [3.05, 3.63) is 40.3 Å². The van der Waals surface area contributed by atoms with Gasteiger partial charge < -0.3 is 14.7 Å². The lowest BCUT2D eigenvalue weighted by Crippen LogP contribution is -2.53. The van der Waals surface area contributed by atoms with Crippen molar-refractivity contribution in [3.63, 3.8) is 0 Å². The van der Waals surface area contributed by atoms with Crippen LogP contribution in [0.5, 0.6) is 0 Å². The van der Waals surface area contributed by atoms with Crippen molar-refractivity contribution in [3.8, 4) is 0 Å². The van der Waals surface area contributed by atoms with Crippen LogP contribution in [0, 0.1) is 0 Å². The number of aliphatic carboxylic acids is 1. The number of nitrogens with zero attached hydrogens (tertiary/aromatic N) is 3. The van der Waals surface area contributed by atoms with E-state index in [-0.39, 0.29) is 37.1 Å². The third kappa shape index (κ3) is 3.00. The molecule has 0 bridgehead atoms. The Labute approximate surface area is 143 Å². The summed E-state index contributed by atoms with van der Waals surface area (Å²) in [5, 5.41) is 14.4. The van der Waals surface area contributed by atoms with E-state index in [1.54, 1.807) is 38.1 Å². The van der Waals surface area contributed by atoms with Gasteiger partial charge in [-0.1, -0.05) is 18.2 Å². The van der Waals surface area contributed by atoms with Crippen molar-refractivity contribution >= 4 is 22.6 Å². The third-order valence-electron chi connectivity index (χ3n) is 4.19. The fraction of sp³-hybridized carbons (Fsp3) is 0.412. The molecule has 1 fully saturated rings. The van der Waals surface area contributed by atoms with Crippen LogP contribution in [0.3, 0.4) is 0 Å². The van der Waals surface area contributed by atoms with Gasteiger partial charge in [-0.15, -0.1) is 0 Å². The molecule has 1 saturated heterocycles. The van der Waals surface area contributed by atoms with Crippen LogP contribution in [-0.4, -0.2) is 57.5 Å². The number of morpholine rings is 1. The monoisotopic (exact) mass is 345 g/mol. The number of benzene rings is 1. The van der Waals surface area contributed by atoms with Crippen molar-refractivity contribution in [1.29, 1.82) is 0 Å². The summed E-state index contributed by atoms with van der Waals surface area (Å²) in [4.78, 5) is 38.3. The van der Waals surface area contributed by atoms with Crippen molar-refractivity contribution in [2.24, 2.45) is 0 Å². The molecule has 1 aliphatic heterocycles. The van der Waals surface area contributed by atoms with Gasteiger partial charge in [0.15, 0.2) is 11.7 Å². The van der Waals surface area contributed by atoms with E-state index >= 15 is 0 Å². The molecule has 1 unspecified atom stereocenters. The highest BCUT2D eigenvalue weighted by Gasteiger charge is 2.35. The summed E-state index contributed by atoms with van der Waals surface area (Å²) >= 11 is 0. The molecule has 2 aromatic rings. The standard InChI is InChI=1S/C17H19N3O5/c1-10(2)20-15(21)12-6-4-3-5-11(12)14(18-20)16(22)19-7-8-25-9-13(19)17(23)24/h3-6,10,13H,7-9H2,1-2H3,(H,23,24). The normalized spacial score (nSPS) is 17.9. The Morgan fingerprint density at radius 3 is 2.60 bits per heavy atom. The predicted octanol–water partition coefficient (Wildman–Crippen LogP) is 0.903. The first-order valence-electron chi connectivity index (χ1n) is 8.05. The van der Waals surface area contributed by atoms with Gasteiger partial charge in [0.2, 0.25) is 0 Å². The predicted molar refractivity (Wildman–Crippen MR) is 89.7 cm³/mol. The average molecular weight is 345 g/mol. The van der Waals surface area contributed by atoms with Gasteiger partial charge in [0.05, 0.1) is 24.6 Å². The van der Waals surface area contributed by atoms with E-state index < -0.39 is 17.9 Å². The molecule has 3 rings (SSSR count). The lowest BCUT2D eigenvalue weighted by molar-refractivity contribution is -0.147. The first kappa shape index (κ1) is 17.1. The van der Waals surface area contributed by atoms with Gasteiger partial charge in [-0.25, -0.2) is 9.48 Å². The molecule has 1 amide bonds. The van der Waals surface area contributed by atoms with E-state index in [0.717, 1.165) is 0 Å². The second-order valence-electron chi connectivity index (χ2n) is 6.17. The van der Waals surface area contributed by atoms with Gasteiger partial charge in [-0.2, -0.15) is 5.10 Å². The maximum absolute atomic E-state index is 13.0. The zero-order valence-electron chi connectivity index (χ0n) is 14.0. The Balaban J connectivity index is 2.17. The SMILES string of the molecule is CC(C)n1nc(C(=O)N2CCOCC2C(=O)O)c2ccccc2c1=O. The molecular weight excluding hydrogens is 326 g/mol. The molecule has 0 saturated carbocycles. The van der Waals surface area contributed by atoms with E-state index in [0.29, 0.717) is 10.8 Å². The topological polar surface area (TPSA) is 102 Å². The number of ether oxygens (including phenoxy) is 1. The van der Waals surface area contributed by atoms with E-state index in [1.807, 2.05) is 0 Å². The molecule has 8 nitrogen and oxygen atoms in total. The smallest absolute Gasteiger partial charge is 0.328 e. The minimum atomic E-state index is -1.13. The van der Waals surface area contributed by atoms with Crippen molar-refractivity contribution in [2.75, 3.05) is 19.8 Å². The summed E-state index contributed by atoms with van der Waals surface area (Å²) < 4.78 is 6.43. The van der Waals surface area contributed by atoms with Crippen LogP contribution in [0.25, 0.3) is 10.8 Å². The molecule has 8 heteroatoms. The quantitative estimate of drug-likeness (QED) is 0.887. The molecule has 1 aromatic heterocycles. The number of carbonyl (C=O) groups excluding carboxylic acids is 1. The van der Waals surface area contributed by atoms with Crippen LogP contribution in [-0.2, 0) is 9.53 Å². The maximum Gasteiger partial charge on any atom is 0.328 e. The highest BCUT2D eigenvalue weighted by Crippen LogP contribution is 2.19. The van der Waals surface area contributed by atoms with Gasteiger partial charge in [0.25, 0.3) is 11.5 Å². The molecule has 1 atom stereocenters. The summed E-state index contributed by atoms with van der Waals surface area (Å²) in [6.07, 6.45) is 0. The van der Waals surface area contributed by atoms with Crippen molar-refractivity contribution in [2.45, 2.75) is 25.9 Å². The number of carboxylic acids is 1. The van der Waals surface area contributed by atoms with E-state index in [1.165, 1.54) is 9.58 Å². The number of rotatable bonds is 3. The molecule has 1 aliphatic rings. The molecule has 25 heavy (non-hydrogen) atoms. The summed E-state index contributed by atoms with van der Waals surface area (Å²) in [5.41, 5.74) is -0.198. The van der Waals surface area contributed by atoms with Crippen LogP contribution >= 0.6 is 0 Å². The lowest BCUT2D eigenvalue weighted by atomic mass is 10.1. The zero-order valence-corrected chi connectivity index (χ0v) is 14.0. The number of hydrogen-bond donors (Lipinski definition) is 1. The Kier molecular flexibility index (Phi) is 4.54. The average Bonchev–Trinajstić information content (AvgIpc) is 2.61. The number of fused-ring (bicyclic) bond motifs is 1. The van der Waals surface area contributed by atoms with Crippen LogP contribution in [0.15, 0.2) is 29.1 Å². The summed E-state index contributed by atoms with van der Waals surface area (Å²) in [5.74, 6) is -1.64. The molecule has 0 spiro atoms. The number of aromatic nitrogens is 2. The summed E-state index contributed by atoms with van der Waals surface area (Å²) in [6, 6.07) is 5.43. The van der Waals surface area contributed by atoms with Crippen molar-refractivity contribution in [1.82, 2.24) is 14.7 Å². The molecular formula is C17H19N3O5. The summed E-state index contributed by atoms with van der Waals surface area (Å²) in [6.45, 7) is 3.95. The number of hydrogen-bond acceptors (Lipinski definition) is 5. The van der Waals surface area contributed by atoms with Gasteiger partial charge in [-0.3, -0.25) is 9.59 Å². The van der Waals surface area contributed by atoms with E-state index in [2.05, 4.69) is 5.10 Å². The Morgan fingerprint density at radius 2 is 1.96 bits per heavy atom. The minimum absolute atomic E-state index is 0.0666. The van der Waals surface area contributed by atoms with Crippen LogP contribution in [0.2, 0.25) is 0 Å². The molecule has 1 N–H and O–H groups in total. The van der Waals surface area contributed by atoms with Gasteiger partial charge in [0.1, 0.15) is 0 Å². The molecule has 0 radical (unpaired) electrons. The van der Waals surface area contributed by atoms with Crippen molar-refractivity contribution < 1.29 is 19.4 Å². The van der Waals surface area contributed by atoms with E-state index in [9.17, 15) is 19.5 Å². The van der Waals surface area contributed by atoms with Crippen LogP contribution < -0.4 is 5.56 Å². The minimum Gasteiger partial charge on any atom is -0.480 e. The molecule has 2 heterocycles. The maximum atomic E-state index is 13.0. The fourth-order valence-corrected chi connectivity index (χ4v) is 2.90. The zero-order chi connectivity index (χ0) is 18.1. The number of amides is 1. The molecule has 132 valence electrons. The Hall–Kier alpha value is -2.74. The highest BCUT2D eigenvalue weighted by molar-refractivity contribution is 6.05. The first-order valence-corrected chi connectivity index (χ1v) is 8.05. The Bertz CT molecular complexity index is 889. The number of carboxylic acid groups (broad SMARTS) is 1. The first-order chi connectivity index (χ1) is 11.9. The van der Waals surface area contributed by atoms with E-state index in [4.69, 9.17) is 4.74 Å². The van der Waals surface area contributed by atoms with Crippen LogP contribution in [0.1, 0.15) is 30.4 Å². The summed E-state index contributed by atoms with van der Waals surface area (Å²) in [7, 11) is 0. The lowest BCUT2D eigenvalue weighted by Gasteiger charge is -2.32. The third-order valence-corrected chi connectivity index (χ3v) is 4.19. The number of carbonyl (C=O) groups is 2.